The van der Waals surface area contributed by atoms with E-state index in [-0.39, 0.29) is 31.3 Å². The molecular weight excluding hydrogens is 340 g/mol. The average molecular weight is 362 g/mol. The van der Waals surface area contributed by atoms with Crippen LogP contribution in [0.15, 0.2) is 35.7 Å². The quantitative estimate of drug-likeness (QED) is 0.782. The van der Waals surface area contributed by atoms with Crippen molar-refractivity contribution in [3.63, 3.8) is 0 Å². The fraction of sp³-hybridized carbons (Fsp3) is 0.444. The fourth-order valence-electron chi connectivity index (χ4n) is 2.77. The standard InChI is InChI=1S/C18H22N2O4S/c21-7-9-24-16-6-8-23-11-14(16)20-18(22)15-12-25-17(19-15)10-13-4-2-1-3-5-13/h1-5,12,14,16,21H,6-11H2,(H,20,22)/t14-,16+/m0/s1. The third-order valence-corrected chi connectivity index (χ3v) is 4.86. The van der Waals surface area contributed by atoms with Gasteiger partial charge in [-0.05, 0) is 12.0 Å². The minimum Gasteiger partial charge on any atom is -0.394 e. The van der Waals surface area contributed by atoms with Crippen molar-refractivity contribution in [1.29, 1.82) is 0 Å². The second-order valence-corrected chi connectivity index (χ2v) is 6.81. The number of aliphatic hydroxyl groups is 1. The predicted octanol–water partition coefficient (Wildman–Crippen LogP) is 1.63. The number of thiazole rings is 1. The van der Waals surface area contributed by atoms with Gasteiger partial charge in [-0.1, -0.05) is 30.3 Å². The Balaban J connectivity index is 1.59. The number of amides is 1. The molecule has 0 radical (unpaired) electrons. The van der Waals surface area contributed by atoms with Gasteiger partial charge >= 0.3 is 0 Å². The second kappa shape index (κ2) is 9.05. The molecule has 1 aromatic heterocycles. The number of rotatable bonds is 7. The molecule has 2 N–H and O–H groups in total. The molecule has 2 heterocycles. The van der Waals surface area contributed by atoms with E-state index < -0.39 is 0 Å². The summed E-state index contributed by atoms with van der Waals surface area (Å²) in [6.45, 7) is 1.23. The van der Waals surface area contributed by atoms with Crippen LogP contribution in [0.25, 0.3) is 0 Å². The van der Waals surface area contributed by atoms with E-state index in [2.05, 4.69) is 10.3 Å². The van der Waals surface area contributed by atoms with E-state index in [1.54, 1.807) is 5.38 Å². The lowest BCUT2D eigenvalue weighted by Gasteiger charge is -2.31. The van der Waals surface area contributed by atoms with Crippen molar-refractivity contribution in [3.8, 4) is 0 Å². The van der Waals surface area contributed by atoms with Gasteiger partial charge in [-0.3, -0.25) is 4.79 Å². The molecule has 1 saturated heterocycles. The number of carbonyl (C=O) groups excluding carboxylic acids is 1. The highest BCUT2D eigenvalue weighted by Crippen LogP contribution is 2.16. The van der Waals surface area contributed by atoms with Gasteiger partial charge in [0.05, 0.1) is 37.0 Å². The highest BCUT2D eigenvalue weighted by Gasteiger charge is 2.28. The van der Waals surface area contributed by atoms with Crippen LogP contribution in [0.1, 0.15) is 27.5 Å². The number of benzene rings is 1. The van der Waals surface area contributed by atoms with E-state index in [9.17, 15) is 4.79 Å². The second-order valence-electron chi connectivity index (χ2n) is 5.87. The normalized spacial score (nSPS) is 20.4. The van der Waals surface area contributed by atoms with E-state index in [1.807, 2.05) is 30.3 Å². The minimum atomic E-state index is -0.230. The van der Waals surface area contributed by atoms with E-state index in [0.29, 0.717) is 31.7 Å². The third-order valence-electron chi connectivity index (χ3n) is 4.02. The van der Waals surface area contributed by atoms with Gasteiger partial charge < -0.3 is 19.9 Å². The molecule has 134 valence electrons. The summed E-state index contributed by atoms with van der Waals surface area (Å²) in [6, 6.07) is 9.82. The Morgan fingerprint density at radius 2 is 2.24 bits per heavy atom. The van der Waals surface area contributed by atoms with Gasteiger partial charge in [0.2, 0.25) is 0 Å². The third kappa shape index (κ3) is 5.09. The van der Waals surface area contributed by atoms with E-state index in [0.717, 1.165) is 5.01 Å². The van der Waals surface area contributed by atoms with Crippen LogP contribution in [-0.4, -0.2) is 54.6 Å². The zero-order valence-electron chi connectivity index (χ0n) is 13.9. The maximum Gasteiger partial charge on any atom is 0.271 e. The number of ether oxygens (including phenoxy) is 2. The smallest absolute Gasteiger partial charge is 0.271 e. The maximum absolute atomic E-state index is 12.5. The van der Waals surface area contributed by atoms with Gasteiger partial charge in [-0.25, -0.2) is 4.98 Å². The number of hydrogen-bond acceptors (Lipinski definition) is 6. The summed E-state index contributed by atoms with van der Waals surface area (Å²) in [5.74, 6) is -0.219. The number of carbonyl (C=O) groups is 1. The predicted molar refractivity (Wildman–Crippen MR) is 94.9 cm³/mol. The molecule has 1 amide bonds. The summed E-state index contributed by atoms with van der Waals surface area (Å²) in [5, 5.41) is 14.5. The van der Waals surface area contributed by atoms with Crippen LogP contribution in [-0.2, 0) is 15.9 Å². The lowest BCUT2D eigenvalue weighted by atomic mass is 10.1. The molecule has 0 aliphatic carbocycles. The molecule has 1 aromatic carbocycles. The molecule has 1 aliphatic rings. The van der Waals surface area contributed by atoms with Crippen LogP contribution in [0.5, 0.6) is 0 Å². The van der Waals surface area contributed by atoms with Crippen LogP contribution in [0.3, 0.4) is 0 Å². The molecule has 3 rings (SSSR count). The van der Waals surface area contributed by atoms with Gasteiger partial charge in [0.25, 0.3) is 5.91 Å². The zero-order chi connectivity index (χ0) is 17.5. The summed E-state index contributed by atoms with van der Waals surface area (Å²) >= 11 is 1.48. The highest BCUT2D eigenvalue weighted by atomic mass is 32.1. The molecule has 6 nitrogen and oxygen atoms in total. The van der Waals surface area contributed by atoms with Crippen LogP contribution in [0, 0.1) is 0 Å². The first-order valence-corrected chi connectivity index (χ1v) is 9.23. The van der Waals surface area contributed by atoms with Crippen molar-refractivity contribution in [2.24, 2.45) is 0 Å². The molecule has 2 atom stereocenters. The van der Waals surface area contributed by atoms with Crippen molar-refractivity contribution < 1.29 is 19.4 Å². The molecule has 25 heavy (non-hydrogen) atoms. The topological polar surface area (TPSA) is 80.7 Å². The number of nitrogens with zero attached hydrogens (tertiary/aromatic N) is 1. The van der Waals surface area contributed by atoms with Crippen LogP contribution in [0.4, 0.5) is 0 Å². The van der Waals surface area contributed by atoms with Crippen molar-refractivity contribution in [2.75, 3.05) is 26.4 Å². The molecule has 0 spiro atoms. The van der Waals surface area contributed by atoms with E-state index in [1.165, 1.54) is 16.9 Å². The monoisotopic (exact) mass is 362 g/mol. The van der Waals surface area contributed by atoms with Crippen molar-refractivity contribution in [1.82, 2.24) is 10.3 Å². The SMILES string of the molecule is O=C(N[C@H]1COCC[C@H]1OCCO)c1csc(Cc2ccccc2)n1. The summed E-state index contributed by atoms with van der Waals surface area (Å²) < 4.78 is 11.0. The first-order chi connectivity index (χ1) is 12.3. The summed E-state index contributed by atoms with van der Waals surface area (Å²) in [5.41, 5.74) is 1.59. The Labute approximate surface area is 150 Å². The van der Waals surface area contributed by atoms with Crippen LogP contribution < -0.4 is 5.32 Å². The zero-order valence-corrected chi connectivity index (χ0v) is 14.7. The first kappa shape index (κ1) is 18.0. The molecule has 7 heteroatoms. The fourth-order valence-corrected chi connectivity index (χ4v) is 3.57. The average Bonchev–Trinajstić information content (AvgIpc) is 3.10. The van der Waals surface area contributed by atoms with Crippen molar-refractivity contribution in [3.05, 3.63) is 52.0 Å². The lowest BCUT2D eigenvalue weighted by molar-refractivity contribution is -0.0612. The Bertz CT molecular complexity index is 677. The minimum absolute atomic E-state index is 0.0348. The number of aliphatic hydroxyl groups excluding tert-OH is 1. The largest absolute Gasteiger partial charge is 0.394 e. The van der Waals surface area contributed by atoms with Crippen molar-refractivity contribution >= 4 is 17.2 Å². The van der Waals surface area contributed by atoms with Crippen molar-refractivity contribution in [2.45, 2.75) is 25.0 Å². The molecule has 1 aliphatic heterocycles. The lowest BCUT2D eigenvalue weighted by Crippen LogP contribution is -2.50. The van der Waals surface area contributed by atoms with E-state index >= 15 is 0 Å². The number of hydrogen-bond donors (Lipinski definition) is 2. The summed E-state index contributed by atoms with van der Waals surface area (Å²) in [6.07, 6.45) is 1.27. The molecule has 2 aromatic rings. The van der Waals surface area contributed by atoms with Gasteiger partial charge in [0.15, 0.2) is 0 Å². The molecule has 0 unspecified atom stereocenters. The number of aromatic nitrogens is 1. The Morgan fingerprint density at radius 1 is 1.40 bits per heavy atom. The molecule has 0 bridgehead atoms. The maximum atomic E-state index is 12.5. The van der Waals surface area contributed by atoms with Gasteiger partial charge in [0.1, 0.15) is 5.69 Å². The van der Waals surface area contributed by atoms with Gasteiger partial charge in [0, 0.05) is 18.4 Å². The molecular formula is C18H22N2O4S. The molecule has 0 saturated carbocycles. The molecule has 1 fully saturated rings. The van der Waals surface area contributed by atoms with Crippen LogP contribution >= 0.6 is 11.3 Å². The van der Waals surface area contributed by atoms with Gasteiger partial charge in [-0.15, -0.1) is 11.3 Å². The summed E-state index contributed by atoms with van der Waals surface area (Å²) in [4.78, 5) is 16.9. The summed E-state index contributed by atoms with van der Waals surface area (Å²) in [7, 11) is 0. The van der Waals surface area contributed by atoms with Gasteiger partial charge in [-0.2, -0.15) is 0 Å². The van der Waals surface area contributed by atoms with E-state index in [4.69, 9.17) is 14.6 Å². The first-order valence-electron chi connectivity index (χ1n) is 8.35. The Kier molecular flexibility index (Phi) is 6.52. The van der Waals surface area contributed by atoms with Crippen LogP contribution in [0.2, 0.25) is 0 Å². The Morgan fingerprint density at radius 3 is 3.04 bits per heavy atom. The number of nitrogens with one attached hydrogen (secondary N) is 1. The Hall–Kier alpha value is -1.80. The highest BCUT2D eigenvalue weighted by molar-refractivity contribution is 7.09.